The third-order valence-corrected chi connectivity index (χ3v) is 4.69. The molecule has 0 radical (unpaired) electrons. The smallest absolute Gasteiger partial charge is 0.119 e. The lowest BCUT2D eigenvalue weighted by atomic mass is 10.1. The highest BCUT2D eigenvalue weighted by molar-refractivity contribution is 7.99. The second-order valence-electron chi connectivity index (χ2n) is 4.89. The first-order valence-electron chi connectivity index (χ1n) is 7.34. The summed E-state index contributed by atoms with van der Waals surface area (Å²) in [5.74, 6) is 1.87. The lowest BCUT2D eigenvalue weighted by Crippen LogP contribution is -2.25. The maximum absolute atomic E-state index is 9.57. The molecule has 1 rings (SSSR count). The summed E-state index contributed by atoms with van der Waals surface area (Å²) >= 11 is 1.80. The van der Waals surface area contributed by atoms with E-state index in [2.05, 4.69) is 31.3 Å². The predicted octanol–water partition coefficient (Wildman–Crippen LogP) is 3.24. The summed E-state index contributed by atoms with van der Waals surface area (Å²) in [5, 5.41) is 13.3. The van der Waals surface area contributed by atoms with Gasteiger partial charge in [-0.15, -0.1) is 0 Å². The highest BCUT2D eigenvalue weighted by atomic mass is 32.2. The second-order valence-corrected chi connectivity index (χ2v) is 6.30. The van der Waals surface area contributed by atoms with Crippen LogP contribution < -0.4 is 10.1 Å². The molecule has 0 saturated carbocycles. The molecule has 0 heterocycles. The van der Waals surface area contributed by atoms with E-state index >= 15 is 0 Å². The number of ether oxygens (including phenoxy) is 1. The standard InChI is InChI=1S/C16H27NO2S/c1-5-17-16(11-20-13(4)12(3)18)14-7-9-15(10-8-14)19-6-2/h7-10,12-13,16-18H,5-6,11H2,1-4H3. The Labute approximate surface area is 127 Å². The van der Waals surface area contributed by atoms with Crippen LogP contribution in [0.2, 0.25) is 0 Å². The second kappa shape index (κ2) is 9.27. The number of rotatable bonds is 9. The van der Waals surface area contributed by atoms with E-state index in [0.717, 1.165) is 18.0 Å². The van der Waals surface area contributed by atoms with Crippen molar-refractivity contribution in [3.8, 4) is 5.75 Å². The number of benzene rings is 1. The van der Waals surface area contributed by atoms with E-state index in [0.29, 0.717) is 12.6 Å². The van der Waals surface area contributed by atoms with Crippen LogP contribution in [-0.4, -0.2) is 35.4 Å². The number of aliphatic hydroxyl groups excluding tert-OH is 1. The molecule has 2 N–H and O–H groups in total. The predicted molar refractivity (Wildman–Crippen MR) is 87.6 cm³/mol. The first-order valence-corrected chi connectivity index (χ1v) is 8.39. The number of hydrogen-bond donors (Lipinski definition) is 2. The van der Waals surface area contributed by atoms with Gasteiger partial charge >= 0.3 is 0 Å². The Balaban J connectivity index is 2.64. The van der Waals surface area contributed by atoms with Gasteiger partial charge in [0.25, 0.3) is 0 Å². The van der Waals surface area contributed by atoms with E-state index in [1.54, 1.807) is 11.8 Å². The largest absolute Gasteiger partial charge is 0.494 e. The van der Waals surface area contributed by atoms with Crippen LogP contribution in [0.1, 0.15) is 39.3 Å². The molecule has 4 heteroatoms. The van der Waals surface area contributed by atoms with Crippen molar-refractivity contribution in [3.63, 3.8) is 0 Å². The molecule has 3 atom stereocenters. The Bertz CT molecular complexity index is 367. The van der Waals surface area contributed by atoms with E-state index in [-0.39, 0.29) is 11.4 Å². The molecule has 0 aliphatic rings. The summed E-state index contributed by atoms with van der Waals surface area (Å²) in [7, 11) is 0. The zero-order chi connectivity index (χ0) is 15.0. The highest BCUT2D eigenvalue weighted by Crippen LogP contribution is 2.24. The molecule has 1 aromatic carbocycles. The van der Waals surface area contributed by atoms with Crippen LogP contribution in [0.25, 0.3) is 0 Å². The summed E-state index contributed by atoms with van der Waals surface area (Å²) in [6.45, 7) is 9.64. The quantitative estimate of drug-likeness (QED) is 0.734. The first-order chi connectivity index (χ1) is 9.58. The molecule has 20 heavy (non-hydrogen) atoms. The minimum absolute atomic E-state index is 0.249. The zero-order valence-electron chi connectivity index (χ0n) is 12.9. The van der Waals surface area contributed by atoms with Crippen LogP contribution in [0.5, 0.6) is 5.75 Å². The molecular formula is C16H27NO2S. The minimum Gasteiger partial charge on any atom is -0.494 e. The van der Waals surface area contributed by atoms with Gasteiger partial charge in [0.05, 0.1) is 12.7 Å². The van der Waals surface area contributed by atoms with Gasteiger partial charge < -0.3 is 15.2 Å². The Hall–Kier alpha value is -0.710. The van der Waals surface area contributed by atoms with E-state index in [9.17, 15) is 5.11 Å². The summed E-state index contributed by atoms with van der Waals surface area (Å²) in [4.78, 5) is 0. The van der Waals surface area contributed by atoms with Gasteiger partial charge in [-0.25, -0.2) is 0 Å². The fraction of sp³-hybridized carbons (Fsp3) is 0.625. The first kappa shape index (κ1) is 17.3. The number of nitrogens with one attached hydrogen (secondary N) is 1. The molecule has 0 aliphatic heterocycles. The molecule has 3 unspecified atom stereocenters. The van der Waals surface area contributed by atoms with Gasteiger partial charge in [0.2, 0.25) is 0 Å². The van der Waals surface area contributed by atoms with Gasteiger partial charge in [-0.3, -0.25) is 0 Å². The third-order valence-electron chi connectivity index (χ3n) is 3.25. The zero-order valence-corrected chi connectivity index (χ0v) is 13.7. The minimum atomic E-state index is -0.275. The van der Waals surface area contributed by atoms with Crippen LogP contribution in [0.4, 0.5) is 0 Å². The number of thioether (sulfide) groups is 1. The average molecular weight is 297 g/mol. The Morgan fingerprint density at radius 3 is 2.35 bits per heavy atom. The molecule has 0 aliphatic carbocycles. The molecule has 0 fully saturated rings. The van der Waals surface area contributed by atoms with Crippen molar-refractivity contribution in [2.75, 3.05) is 18.9 Å². The van der Waals surface area contributed by atoms with Crippen molar-refractivity contribution < 1.29 is 9.84 Å². The fourth-order valence-corrected chi connectivity index (χ4v) is 2.95. The van der Waals surface area contributed by atoms with Gasteiger partial charge in [-0.05, 0) is 38.1 Å². The van der Waals surface area contributed by atoms with Gasteiger partial charge in [0.1, 0.15) is 5.75 Å². The summed E-state index contributed by atoms with van der Waals surface area (Å²) in [6.07, 6.45) is -0.275. The van der Waals surface area contributed by atoms with E-state index in [4.69, 9.17) is 4.74 Å². The van der Waals surface area contributed by atoms with Crippen molar-refractivity contribution in [1.29, 1.82) is 0 Å². The van der Waals surface area contributed by atoms with Gasteiger partial charge in [0, 0.05) is 17.0 Å². The van der Waals surface area contributed by atoms with Crippen LogP contribution in [0.3, 0.4) is 0 Å². The van der Waals surface area contributed by atoms with Crippen molar-refractivity contribution in [3.05, 3.63) is 29.8 Å². The average Bonchev–Trinajstić information content (AvgIpc) is 2.44. The normalized spacial score (nSPS) is 15.7. The number of aliphatic hydroxyl groups is 1. The van der Waals surface area contributed by atoms with Crippen molar-refractivity contribution in [2.45, 2.75) is 45.1 Å². The summed E-state index contributed by atoms with van der Waals surface area (Å²) in [5.41, 5.74) is 1.26. The van der Waals surface area contributed by atoms with Crippen molar-refractivity contribution in [1.82, 2.24) is 5.32 Å². The monoisotopic (exact) mass is 297 g/mol. The van der Waals surface area contributed by atoms with Crippen LogP contribution in [-0.2, 0) is 0 Å². The molecule has 114 valence electrons. The SMILES string of the molecule is CCNC(CSC(C)C(C)O)c1ccc(OCC)cc1. The molecule has 0 aromatic heterocycles. The van der Waals surface area contributed by atoms with Crippen molar-refractivity contribution >= 4 is 11.8 Å². The maximum Gasteiger partial charge on any atom is 0.119 e. The molecular weight excluding hydrogens is 270 g/mol. The van der Waals surface area contributed by atoms with Crippen molar-refractivity contribution in [2.24, 2.45) is 0 Å². The van der Waals surface area contributed by atoms with E-state index in [1.807, 2.05) is 26.0 Å². The lowest BCUT2D eigenvalue weighted by Gasteiger charge is -2.21. The molecule has 0 amide bonds. The topological polar surface area (TPSA) is 41.5 Å². The molecule has 0 saturated heterocycles. The molecule has 1 aromatic rings. The van der Waals surface area contributed by atoms with E-state index < -0.39 is 0 Å². The molecule has 3 nitrogen and oxygen atoms in total. The van der Waals surface area contributed by atoms with Crippen LogP contribution in [0.15, 0.2) is 24.3 Å². The summed E-state index contributed by atoms with van der Waals surface area (Å²) < 4.78 is 5.47. The maximum atomic E-state index is 9.57. The fourth-order valence-electron chi connectivity index (χ4n) is 1.87. The third kappa shape index (κ3) is 5.73. The van der Waals surface area contributed by atoms with Gasteiger partial charge in [-0.2, -0.15) is 11.8 Å². The number of hydrogen-bond acceptors (Lipinski definition) is 4. The Morgan fingerprint density at radius 2 is 1.85 bits per heavy atom. The van der Waals surface area contributed by atoms with E-state index in [1.165, 1.54) is 5.56 Å². The van der Waals surface area contributed by atoms with Gasteiger partial charge in [-0.1, -0.05) is 26.0 Å². The highest BCUT2D eigenvalue weighted by Gasteiger charge is 2.15. The Morgan fingerprint density at radius 1 is 1.20 bits per heavy atom. The molecule has 0 spiro atoms. The lowest BCUT2D eigenvalue weighted by molar-refractivity contribution is 0.196. The molecule has 0 bridgehead atoms. The Kier molecular flexibility index (Phi) is 8.04. The van der Waals surface area contributed by atoms with Gasteiger partial charge in [0.15, 0.2) is 0 Å². The van der Waals surface area contributed by atoms with Crippen LogP contribution in [0, 0.1) is 0 Å². The van der Waals surface area contributed by atoms with Crippen LogP contribution >= 0.6 is 11.8 Å². The summed E-state index contributed by atoms with van der Waals surface area (Å²) in [6, 6.07) is 8.58.